The Bertz CT molecular complexity index is 828. The number of nitrogens with zero attached hydrogens (tertiary/aromatic N) is 2. The molecule has 28 heavy (non-hydrogen) atoms. The molecule has 0 saturated carbocycles. The van der Waals surface area contributed by atoms with Crippen molar-refractivity contribution in [3.63, 3.8) is 0 Å². The van der Waals surface area contributed by atoms with Crippen molar-refractivity contribution in [3.05, 3.63) is 54.4 Å². The fourth-order valence-electron chi connectivity index (χ4n) is 3.23. The van der Waals surface area contributed by atoms with E-state index in [0.29, 0.717) is 18.8 Å². The van der Waals surface area contributed by atoms with Crippen LogP contribution in [0, 0.1) is 5.41 Å². The van der Waals surface area contributed by atoms with Gasteiger partial charge in [0.2, 0.25) is 5.91 Å². The maximum Gasteiger partial charge on any atom is 0.270 e. The van der Waals surface area contributed by atoms with E-state index >= 15 is 0 Å². The van der Waals surface area contributed by atoms with Crippen LogP contribution in [0.2, 0.25) is 0 Å². The summed E-state index contributed by atoms with van der Waals surface area (Å²) in [5.74, 6) is -0.284. The number of carbonyl (C=O) groups excluding carboxylic acids is 2. The fraction of sp³-hybridized carbons (Fsp3) is 0.409. The number of benzene rings is 1. The monoisotopic (exact) mass is 380 g/mol. The Balaban J connectivity index is 1.58. The summed E-state index contributed by atoms with van der Waals surface area (Å²) in [5, 5.41) is 2.98. The molecular formula is C22H28N4O2. The van der Waals surface area contributed by atoms with Crippen LogP contribution in [-0.2, 0) is 4.79 Å². The number of nitrogens with one attached hydrogen (secondary N) is 1. The van der Waals surface area contributed by atoms with E-state index < -0.39 is 6.04 Å². The summed E-state index contributed by atoms with van der Waals surface area (Å²) in [4.78, 5) is 31.1. The largest absolute Gasteiger partial charge is 0.346 e. The molecule has 1 aromatic carbocycles. The molecule has 1 aliphatic heterocycles. The van der Waals surface area contributed by atoms with Crippen molar-refractivity contribution >= 4 is 11.8 Å². The van der Waals surface area contributed by atoms with Crippen LogP contribution < -0.4 is 11.1 Å². The van der Waals surface area contributed by atoms with Crippen LogP contribution in [0.1, 0.15) is 37.7 Å². The van der Waals surface area contributed by atoms with E-state index in [1.807, 2.05) is 57.2 Å². The maximum absolute atomic E-state index is 12.5. The van der Waals surface area contributed by atoms with Crippen LogP contribution in [0.5, 0.6) is 0 Å². The molecule has 2 atom stereocenters. The van der Waals surface area contributed by atoms with E-state index in [9.17, 15) is 9.59 Å². The van der Waals surface area contributed by atoms with Crippen LogP contribution in [-0.4, -0.2) is 46.9 Å². The number of carbonyl (C=O) groups is 2. The second kappa shape index (κ2) is 8.10. The number of rotatable bonds is 4. The Hall–Kier alpha value is -2.73. The molecule has 1 aliphatic rings. The lowest BCUT2D eigenvalue weighted by molar-refractivity contribution is -0.133. The first-order chi connectivity index (χ1) is 13.3. The van der Waals surface area contributed by atoms with Gasteiger partial charge in [-0.1, -0.05) is 57.2 Å². The summed E-state index contributed by atoms with van der Waals surface area (Å²) in [6, 6.07) is 12.9. The molecule has 148 valence electrons. The minimum atomic E-state index is -0.547. The smallest absolute Gasteiger partial charge is 0.270 e. The SMILES string of the molecule is CC(C)(C)C(N)C(=O)N1CCC(NC(=O)c2ccc(-c3ccccc3)cn2)C1. The predicted molar refractivity (Wildman–Crippen MR) is 110 cm³/mol. The average Bonchev–Trinajstić information content (AvgIpc) is 3.15. The normalized spacial score (nSPS) is 18.0. The third-order valence-corrected chi connectivity index (χ3v) is 5.14. The van der Waals surface area contributed by atoms with Gasteiger partial charge in [-0.2, -0.15) is 0 Å². The zero-order chi connectivity index (χ0) is 20.3. The first kappa shape index (κ1) is 20.0. The average molecular weight is 380 g/mol. The van der Waals surface area contributed by atoms with Gasteiger partial charge in [0.1, 0.15) is 5.69 Å². The lowest BCUT2D eigenvalue weighted by Crippen LogP contribution is -2.50. The molecule has 1 aromatic heterocycles. The summed E-state index contributed by atoms with van der Waals surface area (Å²) in [6.07, 6.45) is 2.42. The highest BCUT2D eigenvalue weighted by molar-refractivity contribution is 5.93. The highest BCUT2D eigenvalue weighted by Crippen LogP contribution is 2.21. The molecule has 2 heterocycles. The third kappa shape index (κ3) is 4.57. The zero-order valence-corrected chi connectivity index (χ0v) is 16.7. The number of aromatic nitrogens is 1. The Morgan fingerprint density at radius 1 is 1.14 bits per heavy atom. The molecular weight excluding hydrogens is 352 g/mol. The fourth-order valence-corrected chi connectivity index (χ4v) is 3.23. The van der Waals surface area contributed by atoms with Gasteiger partial charge < -0.3 is 16.0 Å². The van der Waals surface area contributed by atoms with Crippen molar-refractivity contribution in [2.24, 2.45) is 11.1 Å². The number of amides is 2. The summed E-state index contributed by atoms with van der Waals surface area (Å²) >= 11 is 0. The molecule has 0 bridgehead atoms. The standard InChI is InChI=1S/C22H28N4O2/c1-22(2,3)19(23)21(28)26-12-11-17(14-26)25-20(27)18-10-9-16(13-24-18)15-7-5-4-6-8-15/h4-10,13,17,19H,11-12,14,23H2,1-3H3,(H,25,27). The Morgan fingerprint density at radius 3 is 2.46 bits per heavy atom. The van der Waals surface area contributed by atoms with Gasteiger partial charge in [0.15, 0.2) is 0 Å². The van der Waals surface area contributed by atoms with Gasteiger partial charge in [0.25, 0.3) is 5.91 Å². The van der Waals surface area contributed by atoms with Crippen molar-refractivity contribution in [3.8, 4) is 11.1 Å². The molecule has 1 saturated heterocycles. The van der Waals surface area contributed by atoms with Gasteiger partial charge in [-0.05, 0) is 23.5 Å². The molecule has 0 radical (unpaired) electrons. The summed E-state index contributed by atoms with van der Waals surface area (Å²) < 4.78 is 0. The molecule has 6 nitrogen and oxygen atoms in total. The topological polar surface area (TPSA) is 88.3 Å². The number of hydrogen-bond acceptors (Lipinski definition) is 4. The third-order valence-electron chi connectivity index (χ3n) is 5.14. The molecule has 6 heteroatoms. The van der Waals surface area contributed by atoms with Crippen LogP contribution in [0.15, 0.2) is 48.7 Å². The predicted octanol–water partition coefficient (Wildman–Crippen LogP) is 2.45. The van der Waals surface area contributed by atoms with Gasteiger partial charge >= 0.3 is 0 Å². The van der Waals surface area contributed by atoms with Gasteiger partial charge in [0, 0.05) is 30.9 Å². The van der Waals surface area contributed by atoms with Crippen molar-refractivity contribution < 1.29 is 9.59 Å². The summed E-state index contributed by atoms with van der Waals surface area (Å²) in [5.41, 5.74) is 8.19. The number of likely N-dealkylation sites (tertiary alicyclic amines) is 1. The van der Waals surface area contributed by atoms with E-state index in [1.165, 1.54) is 0 Å². The number of hydrogen-bond donors (Lipinski definition) is 2. The molecule has 2 unspecified atom stereocenters. The lowest BCUT2D eigenvalue weighted by Gasteiger charge is -2.29. The minimum Gasteiger partial charge on any atom is -0.346 e. The highest BCUT2D eigenvalue weighted by Gasteiger charge is 2.35. The van der Waals surface area contributed by atoms with E-state index in [0.717, 1.165) is 17.5 Å². The van der Waals surface area contributed by atoms with Crippen LogP contribution >= 0.6 is 0 Å². The Kier molecular flexibility index (Phi) is 5.79. The minimum absolute atomic E-state index is 0.0606. The second-order valence-electron chi connectivity index (χ2n) is 8.39. The van der Waals surface area contributed by atoms with Crippen LogP contribution in [0.25, 0.3) is 11.1 Å². The highest BCUT2D eigenvalue weighted by atomic mass is 16.2. The molecule has 0 spiro atoms. The van der Waals surface area contributed by atoms with Gasteiger partial charge in [-0.3, -0.25) is 14.6 Å². The Morgan fingerprint density at radius 2 is 1.86 bits per heavy atom. The van der Waals surface area contributed by atoms with E-state index in [2.05, 4.69) is 10.3 Å². The quantitative estimate of drug-likeness (QED) is 0.853. The first-order valence-electron chi connectivity index (χ1n) is 9.62. The Labute approximate surface area is 166 Å². The van der Waals surface area contributed by atoms with Crippen molar-refractivity contribution in [2.45, 2.75) is 39.3 Å². The van der Waals surface area contributed by atoms with Gasteiger partial charge in [0.05, 0.1) is 6.04 Å². The van der Waals surface area contributed by atoms with E-state index in [1.54, 1.807) is 17.2 Å². The molecule has 2 amide bonds. The van der Waals surface area contributed by atoms with Gasteiger partial charge in [-0.15, -0.1) is 0 Å². The molecule has 1 fully saturated rings. The van der Waals surface area contributed by atoms with Crippen LogP contribution in [0.3, 0.4) is 0 Å². The summed E-state index contributed by atoms with van der Waals surface area (Å²) in [7, 11) is 0. The van der Waals surface area contributed by atoms with E-state index in [-0.39, 0.29) is 23.3 Å². The van der Waals surface area contributed by atoms with Crippen LogP contribution in [0.4, 0.5) is 0 Å². The zero-order valence-electron chi connectivity index (χ0n) is 16.7. The summed E-state index contributed by atoms with van der Waals surface area (Å²) in [6.45, 7) is 6.95. The molecule has 3 N–H and O–H groups in total. The van der Waals surface area contributed by atoms with E-state index in [4.69, 9.17) is 5.73 Å². The first-order valence-corrected chi connectivity index (χ1v) is 9.62. The molecule has 2 aromatic rings. The lowest BCUT2D eigenvalue weighted by atomic mass is 9.86. The molecule has 0 aliphatic carbocycles. The van der Waals surface area contributed by atoms with Crippen molar-refractivity contribution in [2.75, 3.05) is 13.1 Å². The maximum atomic E-state index is 12.5. The van der Waals surface area contributed by atoms with Crippen molar-refractivity contribution in [1.82, 2.24) is 15.2 Å². The molecule has 3 rings (SSSR count). The van der Waals surface area contributed by atoms with Gasteiger partial charge in [-0.25, -0.2) is 0 Å². The number of pyridine rings is 1. The van der Waals surface area contributed by atoms with Crippen molar-refractivity contribution in [1.29, 1.82) is 0 Å². The number of nitrogens with two attached hydrogens (primary N) is 1. The second-order valence-corrected chi connectivity index (χ2v) is 8.39.